The van der Waals surface area contributed by atoms with Gasteiger partial charge in [-0.15, -0.1) is 0 Å². The number of hydrogen-bond donors (Lipinski definition) is 1. The maximum absolute atomic E-state index is 13.1. The number of carbonyl (C=O) groups excluding carboxylic acids is 1. The second-order valence-electron chi connectivity index (χ2n) is 4.62. The van der Waals surface area contributed by atoms with E-state index in [0.29, 0.717) is 27.2 Å². The number of amides is 1. The number of methoxy groups -OCH3 is 2. The van der Waals surface area contributed by atoms with E-state index in [1.54, 1.807) is 20.3 Å². The van der Waals surface area contributed by atoms with Gasteiger partial charge >= 0.3 is 0 Å². The van der Waals surface area contributed by atoms with E-state index < -0.39 is 0 Å². The monoisotopic (exact) mass is 493 g/mol. The number of hydrogen-bond acceptors (Lipinski definition) is 3. The standard InChI is InChI=1S/C16H14BrFINO3/c1-22-14-6-9(5-12(17)15(14)23-2)8-20-16(21)11-4-3-10(18)7-13(11)19/h3-7H,8H2,1-2H3,(H,20,21). The Morgan fingerprint density at radius 2 is 2.00 bits per heavy atom. The van der Waals surface area contributed by atoms with Gasteiger partial charge in [-0.1, -0.05) is 0 Å². The highest BCUT2D eigenvalue weighted by atomic mass is 127. The Hall–Kier alpha value is -1.35. The molecule has 0 heterocycles. The van der Waals surface area contributed by atoms with Crippen LogP contribution >= 0.6 is 38.5 Å². The first-order valence-corrected chi connectivity index (χ1v) is 8.47. The molecule has 2 aromatic carbocycles. The highest BCUT2D eigenvalue weighted by molar-refractivity contribution is 14.1. The van der Waals surface area contributed by atoms with Crippen molar-refractivity contribution < 1.29 is 18.7 Å². The molecule has 1 amide bonds. The Bertz CT molecular complexity index is 740. The van der Waals surface area contributed by atoms with Gasteiger partial charge in [0.05, 0.1) is 24.3 Å². The summed E-state index contributed by atoms with van der Waals surface area (Å²) in [6.45, 7) is 0.311. The van der Waals surface area contributed by atoms with Gasteiger partial charge in [0.2, 0.25) is 0 Å². The van der Waals surface area contributed by atoms with E-state index in [1.807, 2.05) is 28.7 Å². The lowest BCUT2D eigenvalue weighted by Crippen LogP contribution is -2.23. The minimum Gasteiger partial charge on any atom is -0.493 e. The number of nitrogens with one attached hydrogen (secondary N) is 1. The first-order valence-electron chi connectivity index (χ1n) is 6.60. The summed E-state index contributed by atoms with van der Waals surface area (Å²) >= 11 is 5.35. The molecule has 0 saturated heterocycles. The maximum Gasteiger partial charge on any atom is 0.252 e. The molecule has 0 spiro atoms. The molecule has 0 unspecified atom stereocenters. The van der Waals surface area contributed by atoms with Crippen LogP contribution in [0.2, 0.25) is 0 Å². The van der Waals surface area contributed by atoms with Gasteiger partial charge in [0.25, 0.3) is 5.91 Å². The molecule has 2 aromatic rings. The summed E-state index contributed by atoms with van der Waals surface area (Å²) in [5.41, 5.74) is 1.28. The number of carbonyl (C=O) groups is 1. The van der Waals surface area contributed by atoms with E-state index in [2.05, 4.69) is 21.2 Å². The lowest BCUT2D eigenvalue weighted by molar-refractivity contribution is 0.0950. The average Bonchev–Trinajstić information content (AvgIpc) is 2.51. The molecule has 7 heteroatoms. The summed E-state index contributed by atoms with van der Waals surface area (Å²) in [4.78, 5) is 12.2. The fourth-order valence-electron chi connectivity index (χ4n) is 2.02. The molecular weight excluding hydrogens is 480 g/mol. The quantitative estimate of drug-likeness (QED) is 0.637. The first kappa shape index (κ1) is 18.0. The zero-order valence-electron chi connectivity index (χ0n) is 12.5. The molecule has 0 bridgehead atoms. The third kappa shape index (κ3) is 4.35. The summed E-state index contributed by atoms with van der Waals surface area (Å²) in [5, 5.41) is 2.81. The first-order chi connectivity index (χ1) is 11.0. The molecule has 122 valence electrons. The molecule has 2 rings (SSSR count). The average molecular weight is 494 g/mol. The van der Waals surface area contributed by atoms with Crippen LogP contribution in [0.3, 0.4) is 0 Å². The van der Waals surface area contributed by atoms with E-state index >= 15 is 0 Å². The molecule has 0 aliphatic heterocycles. The minimum absolute atomic E-state index is 0.264. The molecule has 0 saturated carbocycles. The van der Waals surface area contributed by atoms with Gasteiger partial charge in [-0.25, -0.2) is 4.39 Å². The summed E-state index contributed by atoms with van der Waals surface area (Å²) in [6, 6.07) is 7.69. The third-order valence-electron chi connectivity index (χ3n) is 3.12. The van der Waals surface area contributed by atoms with Gasteiger partial charge in [-0.3, -0.25) is 4.79 Å². The van der Waals surface area contributed by atoms with Crippen molar-refractivity contribution >= 4 is 44.4 Å². The van der Waals surface area contributed by atoms with E-state index in [1.165, 1.54) is 18.2 Å². The van der Waals surface area contributed by atoms with Gasteiger partial charge in [0, 0.05) is 10.1 Å². The van der Waals surface area contributed by atoms with Crippen molar-refractivity contribution in [3.05, 3.63) is 55.3 Å². The zero-order valence-corrected chi connectivity index (χ0v) is 16.2. The summed E-state index contributed by atoms with van der Waals surface area (Å²) < 4.78 is 24.9. The predicted octanol–water partition coefficient (Wildman–Crippen LogP) is 4.14. The number of ether oxygens (including phenoxy) is 2. The van der Waals surface area contributed by atoms with Gasteiger partial charge in [0.1, 0.15) is 5.82 Å². The van der Waals surface area contributed by atoms with Crippen LogP contribution in [0.5, 0.6) is 11.5 Å². The van der Waals surface area contributed by atoms with Crippen molar-refractivity contribution in [3.8, 4) is 11.5 Å². The van der Waals surface area contributed by atoms with E-state index in [9.17, 15) is 9.18 Å². The summed E-state index contributed by atoms with van der Waals surface area (Å²) in [5.74, 6) is 0.535. The number of benzene rings is 2. The van der Waals surface area contributed by atoms with Crippen LogP contribution in [0.4, 0.5) is 4.39 Å². The summed E-state index contributed by atoms with van der Waals surface area (Å²) in [7, 11) is 3.11. The van der Waals surface area contributed by atoms with Crippen molar-refractivity contribution in [2.45, 2.75) is 6.54 Å². The molecule has 0 radical (unpaired) electrons. The van der Waals surface area contributed by atoms with Crippen molar-refractivity contribution in [2.24, 2.45) is 0 Å². The predicted molar refractivity (Wildman–Crippen MR) is 97.5 cm³/mol. The van der Waals surface area contributed by atoms with Gasteiger partial charge in [0.15, 0.2) is 11.5 Å². The molecular formula is C16H14BrFINO3. The highest BCUT2D eigenvalue weighted by Crippen LogP contribution is 2.36. The Morgan fingerprint density at radius 1 is 1.26 bits per heavy atom. The van der Waals surface area contributed by atoms with Crippen LogP contribution in [0.25, 0.3) is 0 Å². The fraction of sp³-hybridized carbons (Fsp3) is 0.188. The Kier molecular flexibility index (Phi) is 6.23. The third-order valence-corrected chi connectivity index (χ3v) is 4.60. The molecule has 0 aliphatic carbocycles. The molecule has 1 N–H and O–H groups in total. The van der Waals surface area contributed by atoms with Crippen LogP contribution in [-0.4, -0.2) is 20.1 Å². The molecule has 0 aliphatic rings. The van der Waals surface area contributed by atoms with Gasteiger partial charge in [-0.2, -0.15) is 0 Å². The van der Waals surface area contributed by atoms with E-state index in [0.717, 1.165) is 10.0 Å². The molecule has 0 atom stereocenters. The Morgan fingerprint density at radius 3 is 2.61 bits per heavy atom. The smallest absolute Gasteiger partial charge is 0.252 e. The SMILES string of the molecule is COc1cc(CNC(=O)c2ccc(F)cc2I)cc(Br)c1OC. The molecule has 4 nitrogen and oxygen atoms in total. The molecule has 0 aromatic heterocycles. The van der Waals surface area contributed by atoms with Crippen molar-refractivity contribution in [1.82, 2.24) is 5.32 Å². The molecule has 23 heavy (non-hydrogen) atoms. The highest BCUT2D eigenvalue weighted by Gasteiger charge is 2.13. The zero-order chi connectivity index (χ0) is 17.0. The minimum atomic E-state index is -0.366. The number of rotatable bonds is 5. The Balaban J connectivity index is 2.14. The van der Waals surface area contributed by atoms with Crippen LogP contribution in [-0.2, 0) is 6.54 Å². The van der Waals surface area contributed by atoms with Crippen molar-refractivity contribution in [2.75, 3.05) is 14.2 Å². The van der Waals surface area contributed by atoms with Crippen LogP contribution in [0.15, 0.2) is 34.8 Å². The van der Waals surface area contributed by atoms with E-state index in [4.69, 9.17) is 9.47 Å². The van der Waals surface area contributed by atoms with E-state index in [-0.39, 0.29) is 11.7 Å². The van der Waals surface area contributed by atoms with Crippen molar-refractivity contribution in [1.29, 1.82) is 0 Å². The normalized spacial score (nSPS) is 10.3. The van der Waals surface area contributed by atoms with Crippen LogP contribution in [0, 0.1) is 9.39 Å². The largest absolute Gasteiger partial charge is 0.493 e. The number of halogens is 3. The topological polar surface area (TPSA) is 47.6 Å². The maximum atomic E-state index is 13.1. The lowest BCUT2D eigenvalue weighted by Gasteiger charge is -2.13. The van der Waals surface area contributed by atoms with Gasteiger partial charge in [-0.05, 0) is 74.4 Å². The van der Waals surface area contributed by atoms with Crippen LogP contribution < -0.4 is 14.8 Å². The molecule has 0 fully saturated rings. The second kappa shape index (κ2) is 7.96. The van der Waals surface area contributed by atoms with Gasteiger partial charge < -0.3 is 14.8 Å². The van der Waals surface area contributed by atoms with Crippen LogP contribution in [0.1, 0.15) is 15.9 Å². The lowest BCUT2D eigenvalue weighted by atomic mass is 10.1. The summed E-state index contributed by atoms with van der Waals surface area (Å²) in [6.07, 6.45) is 0. The van der Waals surface area contributed by atoms with Crippen molar-refractivity contribution in [3.63, 3.8) is 0 Å². The Labute approximate surface area is 155 Å². The second-order valence-corrected chi connectivity index (χ2v) is 6.64. The fourth-order valence-corrected chi connectivity index (χ4v) is 3.40.